The fraction of sp³-hybridized carbons (Fsp3) is 0.306. The van der Waals surface area contributed by atoms with E-state index in [0.29, 0.717) is 31.9 Å². The fourth-order valence-corrected chi connectivity index (χ4v) is 5.64. The zero-order chi connectivity index (χ0) is 30.2. The maximum atomic E-state index is 13.0. The molecule has 3 N–H and O–H groups in total. The van der Waals surface area contributed by atoms with E-state index in [4.69, 9.17) is 19.9 Å². The number of nitrogen functional groups attached to an aromatic ring is 1. The molecule has 4 aromatic carbocycles. The van der Waals surface area contributed by atoms with Crippen LogP contribution in [-0.2, 0) is 14.9 Å². The third-order valence-corrected chi connectivity index (χ3v) is 7.76. The Morgan fingerprint density at radius 1 is 1.02 bits per heavy atom. The molecule has 43 heavy (non-hydrogen) atoms. The fourth-order valence-electron chi connectivity index (χ4n) is 5.64. The van der Waals surface area contributed by atoms with Crippen molar-refractivity contribution in [2.45, 2.75) is 45.4 Å². The van der Waals surface area contributed by atoms with E-state index >= 15 is 0 Å². The minimum absolute atomic E-state index is 0.187. The van der Waals surface area contributed by atoms with E-state index in [1.807, 2.05) is 67.6 Å². The van der Waals surface area contributed by atoms with Crippen LogP contribution in [0.2, 0.25) is 0 Å². The topological polar surface area (TPSA) is 86.1 Å². The van der Waals surface area contributed by atoms with Crippen LogP contribution in [0.1, 0.15) is 45.6 Å². The number of hydrogen-bond acceptors (Lipinski definition) is 7. The van der Waals surface area contributed by atoms with Crippen LogP contribution in [0.3, 0.4) is 0 Å². The van der Waals surface area contributed by atoms with Gasteiger partial charge in [-0.15, -0.1) is 0 Å². The second kappa shape index (κ2) is 13.6. The molecule has 0 radical (unpaired) electrons. The number of allylic oxidation sites excluding steroid dienone is 1. The van der Waals surface area contributed by atoms with Crippen LogP contribution in [0.5, 0.6) is 11.5 Å². The Bertz CT molecular complexity index is 1590. The summed E-state index contributed by atoms with van der Waals surface area (Å²) in [6.45, 7) is 8.28. The van der Waals surface area contributed by atoms with Gasteiger partial charge in [-0.25, -0.2) is 0 Å². The Labute approximate surface area is 254 Å². The molecule has 0 amide bonds. The number of nitrogens with one attached hydrogen (secondary N) is 1. The lowest BCUT2D eigenvalue weighted by Gasteiger charge is -2.31. The van der Waals surface area contributed by atoms with Crippen LogP contribution in [0.15, 0.2) is 96.9 Å². The normalized spacial score (nSPS) is 14.7. The molecule has 4 aromatic rings. The summed E-state index contributed by atoms with van der Waals surface area (Å²) in [7, 11) is 0. The van der Waals surface area contributed by atoms with Crippen LogP contribution in [0.25, 0.3) is 10.8 Å². The number of esters is 1. The van der Waals surface area contributed by atoms with Crippen LogP contribution < -0.4 is 25.4 Å². The first-order chi connectivity index (χ1) is 20.9. The van der Waals surface area contributed by atoms with Gasteiger partial charge in [0, 0.05) is 35.3 Å². The van der Waals surface area contributed by atoms with Crippen LogP contribution in [-0.4, -0.2) is 32.3 Å². The number of carbonyl (C=O) groups excluding carboxylic acids is 1. The minimum atomic E-state index is -0.630. The Hall–Kier alpha value is -4.65. The smallest absolute Gasteiger partial charge is 0.306 e. The SMILES string of the molecule is CCCN1/C(=C/CC(C)(CC(=O)OCC)c2cc(N)ccc2NCCOc2ccccc2)Oc2c1ccc1ccccc21. The van der Waals surface area contributed by atoms with Crippen LogP contribution in [0.4, 0.5) is 17.1 Å². The zero-order valence-corrected chi connectivity index (χ0v) is 25.3. The van der Waals surface area contributed by atoms with Crippen molar-refractivity contribution >= 4 is 33.8 Å². The molecule has 7 heteroatoms. The second-order valence-corrected chi connectivity index (χ2v) is 11.1. The van der Waals surface area contributed by atoms with Gasteiger partial charge in [0.2, 0.25) is 0 Å². The van der Waals surface area contributed by atoms with Gasteiger partial charge in [-0.1, -0.05) is 62.4 Å². The number of hydrogen-bond donors (Lipinski definition) is 2. The highest BCUT2D eigenvalue weighted by Crippen LogP contribution is 2.45. The maximum Gasteiger partial charge on any atom is 0.306 e. The second-order valence-electron chi connectivity index (χ2n) is 11.1. The average molecular weight is 580 g/mol. The Balaban J connectivity index is 1.44. The van der Waals surface area contributed by atoms with Gasteiger partial charge in [0.25, 0.3) is 0 Å². The molecule has 7 nitrogen and oxygen atoms in total. The highest BCUT2D eigenvalue weighted by molar-refractivity contribution is 5.95. The van der Waals surface area contributed by atoms with Gasteiger partial charge in [0.05, 0.1) is 18.7 Å². The van der Waals surface area contributed by atoms with Gasteiger partial charge < -0.3 is 30.2 Å². The largest absolute Gasteiger partial charge is 0.492 e. The maximum absolute atomic E-state index is 13.0. The number of nitrogens with zero attached hydrogens (tertiary/aromatic N) is 1. The summed E-state index contributed by atoms with van der Waals surface area (Å²) in [6.07, 6.45) is 3.79. The van der Waals surface area contributed by atoms with E-state index in [1.54, 1.807) is 0 Å². The number of anilines is 3. The summed E-state index contributed by atoms with van der Waals surface area (Å²) in [5.41, 5.74) is 9.23. The molecular weight excluding hydrogens is 538 g/mol. The van der Waals surface area contributed by atoms with Crippen molar-refractivity contribution in [3.63, 3.8) is 0 Å². The standard InChI is InChI=1S/C36H41N3O4/c1-4-22-39-32-18-15-26-11-9-10-14-29(26)35(32)43-33(39)19-20-36(3,25-34(40)41-5-2)30-24-27(37)16-17-31(30)38-21-23-42-28-12-7-6-8-13-28/h6-19,24,38H,4-5,20-23,25,37H2,1-3H3/b33-19-. The van der Waals surface area contributed by atoms with Crippen molar-refractivity contribution in [2.24, 2.45) is 0 Å². The number of ether oxygens (including phenoxy) is 3. The third kappa shape index (κ3) is 6.88. The molecular formula is C36H41N3O4. The van der Waals surface area contributed by atoms with Crippen LogP contribution >= 0.6 is 0 Å². The minimum Gasteiger partial charge on any atom is -0.492 e. The Morgan fingerprint density at radius 3 is 2.60 bits per heavy atom. The van der Waals surface area contributed by atoms with Crippen molar-refractivity contribution in [2.75, 3.05) is 42.3 Å². The molecule has 1 unspecified atom stereocenters. The molecule has 1 heterocycles. The number of benzene rings is 4. The molecule has 224 valence electrons. The molecule has 0 saturated carbocycles. The van der Waals surface area contributed by atoms with Gasteiger partial charge in [0.1, 0.15) is 12.4 Å². The molecule has 0 fully saturated rings. The first-order valence-corrected chi connectivity index (χ1v) is 15.1. The predicted octanol–water partition coefficient (Wildman–Crippen LogP) is 7.66. The Morgan fingerprint density at radius 2 is 1.81 bits per heavy atom. The highest BCUT2D eigenvalue weighted by atomic mass is 16.5. The summed E-state index contributed by atoms with van der Waals surface area (Å²) in [5.74, 6) is 2.21. The van der Waals surface area contributed by atoms with Gasteiger partial charge in [-0.05, 0) is 73.2 Å². The number of carbonyl (C=O) groups is 1. The van der Waals surface area contributed by atoms with E-state index in [0.717, 1.165) is 58.1 Å². The van der Waals surface area contributed by atoms with Crippen molar-refractivity contribution in [3.8, 4) is 11.5 Å². The van der Waals surface area contributed by atoms with Crippen molar-refractivity contribution < 1.29 is 19.0 Å². The van der Waals surface area contributed by atoms with Crippen molar-refractivity contribution in [1.82, 2.24) is 0 Å². The first-order valence-electron chi connectivity index (χ1n) is 15.1. The molecule has 0 bridgehead atoms. The molecule has 1 aliphatic rings. The average Bonchev–Trinajstić information content (AvgIpc) is 3.37. The quantitative estimate of drug-likeness (QED) is 0.0955. The van der Waals surface area contributed by atoms with E-state index < -0.39 is 5.41 Å². The number of rotatable bonds is 13. The summed E-state index contributed by atoms with van der Waals surface area (Å²) < 4.78 is 17.9. The lowest BCUT2D eigenvalue weighted by molar-refractivity contribution is -0.144. The monoisotopic (exact) mass is 579 g/mol. The molecule has 0 aliphatic carbocycles. The molecule has 1 aliphatic heterocycles. The van der Waals surface area contributed by atoms with E-state index in [2.05, 4.69) is 54.4 Å². The van der Waals surface area contributed by atoms with Gasteiger partial charge in [-0.3, -0.25) is 4.79 Å². The third-order valence-electron chi connectivity index (χ3n) is 7.76. The number of nitrogens with two attached hydrogens (primary N) is 1. The Kier molecular flexibility index (Phi) is 9.40. The van der Waals surface area contributed by atoms with Crippen LogP contribution in [0, 0.1) is 0 Å². The zero-order valence-electron chi connectivity index (χ0n) is 25.3. The van der Waals surface area contributed by atoms with Crippen molar-refractivity contribution in [1.29, 1.82) is 0 Å². The van der Waals surface area contributed by atoms with Crippen molar-refractivity contribution in [3.05, 3.63) is 102 Å². The molecule has 0 spiro atoms. The van der Waals surface area contributed by atoms with E-state index in [9.17, 15) is 4.79 Å². The van der Waals surface area contributed by atoms with Gasteiger partial charge >= 0.3 is 5.97 Å². The summed E-state index contributed by atoms with van der Waals surface area (Å²) >= 11 is 0. The first kappa shape index (κ1) is 29.8. The van der Waals surface area contributed by atoms with Gasteiger partial charge in [0.15, 0.2) is 11.6 Å². The molecule has 0 aromatic heterocycles. The lowest BCUT2D eigenvalue weighted by Crippen LogP contribution is -2.29. The van der Waals surface area contributed by atoms with E-state index in [1.165, 1.54) is 0 Å². The summed E-state index contributed by atoms with van der Waals surface area (Å²) in [5, 5.41) is 5.74. The summed E-state index contributed by atoms with van der Waals surface area (Å²) in [4.78, 5) is 15.2. The highest BCUT2D eigenvalue weighted by Gasteiger charge is 2.34. The van der Waals surface area contributed by atoms with Gasteiger partial charge in [-0.2, -0.15) is 0 Å². The lowest BCUT2D eigenvalue weighted by atomic mass is 9.75. The number of fused-ring (bicyclic) bond motifs is 3. The predicted molar refractivity (Wildman–Crippen MR) is 175 cm³/mol. The number of para-hydroxylation sites is 1. The summed E-state index contributed by atoms with van der Waals surface area (Å²) in [6, 6.07) is 28.1. The molecule has 1 atom stereocenters. The molecule has 5 rings (SSSR count). The molecule has 0 saturated heterocycles. The van der Waals surface area contributed by atoms with E-state index in [-0.39, 0.29) is 12.4 Å².